The molecular weight excluding hydrogens is 345 g/mol. The van der Waals surface area contributed by atoms with Crippen molar-refractivity contribution in [3.8, 4) is 0 Å². The normalized spacial score (nSPS) is 30.9. The van der Waals surface area contributed by atoms with E-state index in [0.29, 0.717) is 16.5 Å². The fourth-order valence-corrected chi connectivity index (χ4v) is 4.52. The molecule has 1 N–H and O–H groups in total. The van der Waals surface area contributed by atoms with Crippen LogP contribution >= 0.6 is 23.2 Å². The fourth-order valence-electron chi connectivity index (χ4n) is 4.08. The number of hydrogen-bond donors (Lipinski definition) is 1. The molecule has 1 unspecified atom stereocenters. The van der Waals surface area contributed by atoms with Gasteiger partial charge in [0.25, 0.3) is 0 Å². The third-order valence-electron chi connectivity index (χ3n) is 5.77. The molecule has 3 rings (SSSR count). The maximum Gasteiger partial charge on any atom is 0.229 e. The van der Waals surface area contributed by atoms with Gasteiger partial charge in [0.05, 0.1) is 11.5 Å². The molecule has 24 heavy (non-hydrogen) atoms. The lowest BCUT2D eigenvalue weighted by Gasteiger charge is -2.34. The van der Waals surface area contributed by atoms with E-state index >= 15 is 0 Å². The molecule has 1 aliphatic carbocycles. The Hall–Kier alpha value is -0.770. The number of aliphatic hydroxyl groups excluding tert-OH is 1. The average molecular weight is 370 g/mol. The van der Waals surface area contributed by atoms with Gasteiger partial charge in [-0.25, -0.2) is 0 Å². The number of aliphatic hydroxyl groups is 1. The highest BCUT2D eigenvalue weighted by atomic mass is 35.5. The lowest BCUT2D eigenvalue weighted by molar-refractivity contribution is -0.138. The first-order valence-electron chi connectivity index (χ1n) is 8.74. The van der Waals surface area contributed by atoms with Crippen LogP contribution in [0.3, 0.4) is 0 Å². The zero-order chi connectivity index (χ0) is 17.5. The van der Waals surface area contributed by atoms with Gasteiger partial charge >= 0.3 is 0 Å². The second-order valence-electron chi connectivity index (χ2n) is 7.59. The zero-order valence-corrected chi connectivity index (χ0v) is 15.8. The lowest BCUT2D eigenvalue weighted by Crippen LogP contribution is -2.43. The van der Waals surface area contributed by atoms with Crippen LogP contribution in [0.25, 0.3) is 0 Å². The first-order valence-corrected chi connectivity index (χ1v) is 9.50. The van der Waals surface area contributed by atoms with Crippen molar-refractivity contribution >= 4 is 29.1 Å². The second kappa shape index (κ2) is 6.86. The average Bonchev–Trinajstić information content (AvgIpc) is 2.85. The summed E-state index contributed by atoms with van der Waals surface area (Å²) >= 11 is 12.6. The van der Waals surface area contributed by atoms with Crippen LogP contribution in [-0.2, 0) is 11.2 Å². The van der Waals surface area contributed by atoms with Gasteiger partial charge in [0.1, 0.15) is 0 Å². The van der Waals surface area contributed by atoms with E-state index in [4.69, 9.17) is 23.2 Å². The van der Waals surface area contributed by atoms with Gasteiger partial charge in [-0.15, -0.1) is 0 Å². The van der Waals surface area contributed by atoms with Gasteiger partial charge < -0.3 is 10.0 Å². The molecule has 2 aliphatic rings. The van der Waals surface area contributed by atoms with Gasteiger partial charge in [0.15, 0.2) is 0 Å². The van der Waals surface area contributed by atoms with Crippen molar-refractivity contribution in [2.24, 2.45) is 5.41 Å². The number of benzene rings is 1. The van der Waals surface area contributed by atoms with Crippen LogP contribution in [0, 0.1) is 12.3 Å². The van der Waals surface area contributed by atoms with Crippen molar-refractivity contribution in [2.75, 3.05) is 6.54 Å². The summed E-state index contributed by atoms with van der Waals surface area (Å²) in [5, 5.41) is 11.0. The minimum absolute atomic E-state index is 0.193. The molecule has 0 radical (unpaired) electrons. The summed E-state index contributed by atoms with van der Waals surface area (Å²) in [6, 6.07) is 4.09. The van der Waals surface area contributed by atoms with Crippen LogP contribution in [0.15, 0.2) is 12.1 Å². The Kier molecular flexibility index (Phi) is 5.15. The number of carbonyl (C=O) groups is 1. The summed E-state index contributed by atoms with van der Waals surface area (Å²) in [7, 11) is 0. The summed E-state index contributed by atoms with van der Waals surface area (Å²) in [5.74, 6) is 0.229. The molecule has 1 aromatic rings. The molecule has 1 saturated heterocycles. The number of halogens is 2. The third kappa shape index (κ3) is 3.31. The Balaban J connectivity index is 1.75. The van der Waals surface area contributed by atoms with E-state index < -0.39 is 5.41 Å². The highest BCUT2D eigenvalue weighted by molar-refractivity contribution is 6.36. The van der Waals surface area contributed by atoms with Crippen LogP contribution in [0.2, 0.25) is 10.0 Å². The van der Waals surface area contributed by atoms with Crippen molar-refractivity contribution in [1.29, 1.82) is 0 Å². The van der Waals surface area contributed by atoms with E-state index in [1.807, 2.05) is 30.9 Å². The third-order valence-corrected chi connectivity index (χ3v) is 6.71. The van der Waals surface area contributed by atoms with Gasteiger partial charge in [0.2, 0.25) is 5.91 Å². The molecule has 132 valence electrons. The second-order valence-corrected chi connectivity index (χ2v) is 8.38. The van der Waals surface area contributed by atoms with Crippen LogP contribution in [0.5, 0.6) is 0 Å². The molecule has 1 amide bonds. The first-order chi connectivity index (χ1) is 11.3. The number of nitrogens with zero attached hydrogens (tertiary/aromatic N) is 1. The molecule has 0 aromatic heterocycles. The topological polar surface area (TPSA) is 40.5 Å². The highest BCUT2D eigenvalue weighted by Crippen LogP contribution is 2.40. The first kappa shape index (κ1) is 18.0. The van der Waals surface area contributed by atoms with Gasteiger partial charge in [-0.3, -0.25) is 4.79 Å². The largest absolute Gasteiger partial charge is 0.393 e. The summed E-state index contributed by atoms with van der Waals surface area (Å²) in [6.45, 7) is 4.76. The molecule has 1 aromatic carbocycles. The predicted molar refractivity (Wildman–Crippen MR) is 97.6 cm³/mol. The van der Waals surface area contributed by atoms with E-state index in [1.54, 1.807) is 0 Å². The van der Waals surface area contributed by atoms with Crippen LogP contribution in [0.1, 0.15) is 50.2 Å². The SMILES string of the molecule is Cc1c(Cl)ccc(CC2(C)CCN([C@H]3CC[C@@H](O)CC3)C2=O)c1Cl. The standard InChI is InChI=1S/C19H25Cl2NO2/c1-12-16(20)8-3-13(17(12)21)11-19(2)9-10-22(18(19)24)14-4-6-15(23)7-5-14/h3,8,14-15,23H,4-7,9-11H2,1-2H3/t14-,15+,19?. The molecule has 0 spiro atoms. The number of carbonyl (C=O) groups excluding carboxylic acids is 1. The van der Waals surface area contributed by atoms with E-state index in [-0.39, 0.29) is 18.1 Å². The molecule has 1 atom stereocenters. The summed E-state index contributed by atoms with van der Waals surface area (Å²) < 4.78 is 0. The van der Waals surface area contributed by atoms with Gasteiger partial charge in [-0.1, -0.05) is 36.2 Å². The smallest absolute Gasteiger partial charge is 0.229 e. The van der Waals surface area contributed by atoms with Gasteiger partial charge in [-0.2, -0.15) is 0 Å². The summed E-state index contributed by atoms with van der Waals surface area (Å²) in [6.07, 6.45) is 4.72. The minimum atomic E-state index is -0.403. The van der Waals surface area contributed by atoms with Crippen LogP contribution in [-0.4, -0.2) is 34.6 Å². The number of rotatable bonds is 3. The Bertz CT molecular complexity index is 640. The van der Waals surface area contributed by atoms with E-state index in [0.717, 1.165) is 49.8 Å². The molecule has 2 fully saturated rings. The minimum Gasteiger partial charge on any atom is -0.393 e. The number of amides is 1. The predicted octanol–water partition coefficient (Wildman–Crippen LogP) is 4.39. The molecule has 1 heterocycles. The highest BCUT2D eigenvalue weighted by Gasteiger charge is 2.45. The molecule has 1 saturated carbocycles. The van der Waals surface area contributed by atoms with Crippen molar-refractivity contribution in [1.82, 2.24) is 4.90 Å². The van der Waals surface area contributed by atoms with Crippen molar-refractivity contribution < 1.29 is 9.90 Å². The molecule has 3 nitrogen and oxygen atoms in total. The van der Waals surface area contributed by atoms with Crippen molar-refractivity contribution in [2.45, 2.75) is 64.5 Å². The zero-order valence-electron chi connectivity index (χ0n) is 14.3. The molecule has 0 bridgehead atoms. The summed E-state index contributed by atoms with van der Waals surface area (Å²) in [4.78, 5) is 15.1. The van der Waals surface area contributed by atoms with E-state index in [2.05, 4.69) is 0 Å². The Morgan fingerprint density at radius 2 is 1.92 bits per heavy atom. The van der Waals surface area contributed by atoms with Gasteiger partial charge in [-0.05, 0) is 62.6 Å². The lowest BCUT2D eigenvalue weighted by atomic mass is 9.81. The van der Waals surface area contributed by atoms with Crippen LogP contribution < -0.4 is 0 Å². The van der Waals surface area contributed by atoms with E-state index in [1.165, 1.54) is 0 Å². The van der Waals surface area contributed by atoms with Crippen LogP contribution in [0.4, 0.5) is 0 Å². The van der Waals surface area contributed by atoms with Crippen molar-refractivity contribution in [3.63, 3.8) is 0 Å². The molecular formula is C19H25Cl2NO2. The van der Waals surface area contributed by atoms with Gasteiger partial charge in [0, 0.05) is 22.6 Å². The molecule has 1 aliphatic heterocycles. The maximum absolute atomic E-state index is 13.1. The summed E-state index contributed by atoms with van der Waals surface area (Å²) in [5.41, 5.74) is 1.47. The Morgan fingerprint density at radius 1 is 1.25 bits per heavy atom. The quantitative estimate of drug-likeness (QED) is 0.858. The van der Waals surface area contributed by atoms with Crippen molar-refractivity contribution in [3.05, 3.63) is 33.3 Å². The number of likely N-dealkylation sites (tertiary alicyclic amines) is 1. The monoisotopic (exact) mass is 369 g/mol. The van der Waals surface area contributed by atoms with E-state index in [9.17, 15) is 9.90 Å². The fraction of sp³-hybridized carbons (Fsp3) is 0.632. The molecule has 5 heteroatoms. The Morgan fingerprint density at radius 3 is 2.58 bits per heavy atom. The number of hydrogen-bond acceptors (Lipinski definition) is 2. The maximum atomic E-state index is 13.1. The Labute approximate surface area is 153 Å².